The molecule has 1 fully saturated rings. The summed E-state index contributed by atoms with van der Waals surface area (Å²) in [4.78, 5) is 38.2. The van der Waals surface area contributed by atoms with Crippen molar-refractivity contribution in [3.8, 4) is 0 Å². The van der Waals surface area contributed by atoms with Crippen LogP contribution in [0.1, 0.15) is 53.6 Å². The third kappa shape index (κ3) is 6.18. The van der Waals surface area contributed by atoms with Crippen LogP contribution in [0.5, 0.6) is 0 Å². The molecule has 0 spiro atoms. The van der Waals surface area contributed by atoms with Crippen LogP contribution in [-0.2, 0) is 9.53 Å². The van der Waals surface area contributed by atoms with E-state index in [2.05, 4.69) is 16.0 Å². The smallest absolute Gasteiger partial charge is 0.325 e. The summed E-state index contributed by atoms with van der Waals surface area (Å²) in [6.45, 7) is 3.62. The molecule has 7 nitrogen and oxygen atoms in total. The van der Waals surface area contributed by atoms with Gasteiger partial charge in [0.05, 0.1) is 11.3 Å². The number of fused-ring (bicyclic) bond motifs is 1. The van der Waals surface area contributed by atoms with Crippen LogP contribution in [0.3, 0.4) is 0 Å². The largest absolute Gasteiger partial charge is 0.461 e. The number of aryl methyl sites for hydroxylation is 2. The first-order valence-corrected chi connectivity index (χ1v) is 12.1. The molecule has 0 saturated heterocycles. The Morgan fingerprint density at radius 3 is 2.20 bits per heavy atom. The van der Waals surface area contributed by atoms with Gasteiger partial charge in [0, 0.05) is 5.69 Å². The van der Waals surface area contributed by atoms with Crippen molar-refractivity contribution in [3.05, 3.63) is 71.3 Å². The summed E-state index contributed by atoms with van der Waals surface area (Å²) in [6.07, 6.45) is 4.95. The predicted octanol–water partition coefficient (Wildman–Crippen LogP) is 5.71. The first-order chi connectivity index (χ1) is 16.9. The monoisotopic (exact) mass is 473 g/mol. The lowest BCUT2D eigenvalue weighted by Gasteiger charge is -2.22. The van der Waals surface area contributed by atoms with Gasteiger partial charge in [-0.1, -0.05) is 48.9 Å². The Balaban J connectivity index is 1.49. The quantitative estimate of drug-likeness (QED) is 0.400. The highest BCUT2D eigenvalue weighted by molar-refractivity contribution is 6.10. The summed E-state index contributed by atoms with van der Waals surface area (Å²) in [6, 6.07) is 16.4. The molecule has 0 atom stereocenters. The number of urea groups is 1. The summed E-state index contributed by atoms with van der Waals surface area (Å²) >= 11 is 0. The number of esters is 1. The van der Waals surface area contributed by atoms with Crippen LogP contribution in [0, 0.1) is 13.8 Å². The molecule has 0 bridgehead atoms. The Labute approximate surface area is 205 Å². The summed E-state index contributed by atoms with van der Waals surface area (Å²) < 4.78 is 5.50. The van der Waals surface area contributed by atoms with Crippen molar-refractivity contribution in [2.75, 3.05) is 17.2 Å². The van der Waals surface area contributed by atoms with E-state index in [1.807, 2.05) is 56.3 Å². The number of rotatable bonds is 6. The Morgan fingerprint density at radius 1 is 0.857 bits per heavy atom. The minimum absolute atomic E-state index is 0.0698. The summed E-state index contributed by atoms with van der Waals surface area (Å²) in [5.74, 6) is -0.910. The molecule has 3 amide bonds. The number of benzene rings is 3. The van der Waals surface area contributed by atoms with Crippen molar-refractivity contribution >= 4 is 40.1 Å². The van der Waals surface area contributed by atoms with E-state index in [4.69, 9.17) is 4.74 Å². The van der Waals surface area contributed by atoms with E-state index in [0.717, 1.165) is 53.3 Å². The molecular formula is C28H31N3O4. The number of carbonyl (C=O) groups is 3. The number of hydrogen-bond acceptors (Lipinski definition) is 4. The minimum atomic E-state index is -0.460. The zero-order chi connectivity index (χ0) is 24.8. The Hall–Kier alpha value is -3.87. The van der Waals surface area contributed by atoms with Gasteiger partial charge in [-0.3, -0.25) is 9.59 Å². The molecule has 7 heteroatoms. The normalized spacial score (nSPS) is 13.8. The van der Waals surface area contributed by atoms with Crippen LogP contribution >= 0.6 is 0 Å². The molecular weight excluding hydrogens is 442 g/mol. The van der Waals surface area contributed by atoms with Gasteiger partial charge >= 0.3 is 12.0 Å². The molecule has 3 aromatic carbocycles. The maximum Gasteiger partial charge on any atom is 0.325 e. The molecule has 0 unspecified atom stereocenters. The number of anilines is 2. The van der Waals surface area contributed by atoms with Crippen LogP contribution in [0.4, 0.5) is 16.2 Å². The van der Waals surface area contributed by atoms with E-state index in [0.29, 0.717) is 5.69 Å². The topological polar surface area (TPSA) is 96.5 Å². The minimum Gasteiger partial charge on any atom is -0.461 e. The average Bonchev–Trinajstić information content (AvgIpc) is 2.85. The number of carbonyl (C=O) groups excluding carboxylic acids is 3. The molecule has 0 aromatic heterocycles. The van der Waals surface area contributed by atoms with Crippen LogP contribution in [0.25, 0.3) is 10.8 Å². The molecule has 1 saturated carbocycles. The third-order valence-electron chi connectivity index (χ3n) is 6.34. The van der Waals surface area contributed by atoms with Crippen molar-refractivity contribution in [1.82, 2.24) is 5.32 Å². The lowest BCUT2D eigenvalue weighted by molar-refractivity contribution is -0.149. The van der Waals surface area contributed by atoms with E-state index in [1.165, 1.54) is 6.42 Å². The number of nitrogens with one attached hydrogen (secondary N) is 3. The van der Waals surface area contributed by atoms with Crippen molar-refractivity contribution < 1.29 is 19.1 Å². The van der Waals surface area contributed by atoms with Gasteiger partial charge in [0.15, 0.2) is 0 Å². The van der Waals surface area contributed by atoms with Gasteiger partial charge in [-0.2, -0.15) is 0 Å². The standard InChI is InChI=1S/C28H31N3O4/c1-18-9-8-10-19(2)26(18)31-28(34)30-24-16-21-12-7-6-11-20(21)15-23(24)27(33)29-17-25(32)35-22-13-4-3-5-14-22/h6-12,15-16,22H,3-5,13-14,17H2,1-2H3,(H,29,33)(H2,30,31,34). The second-order valence-corrected chi connectivity index (χ2v) is 9.02. The van der Waals surface area contributed by atoms with Crippen LogP contribution in [-0.4, -0.2) is 30.6 Å². The first kappa shape index (κ1) is 24.3. The molecule has 35 heavy (non-hydrogen) atoms. The third-order valence-corrected chi connectivity index (χ3v) is 6.34. The van der Waals surface area contributed by atoms with Crippen molar-refractivity contribution in [2.24, 2.45) is 0 Å². The summed E-state index contributed by atoms with van der Waals surface area (Å²) in [5.41, 5.74) is 3.22. The first-order valence-electron chi connectivity index (χ1n) is 12.1. The van der Waals surface area contributed by atoms with Crippen LogP contribution in [0.15, 0.2) is 54.6 Å². The Bertz CT molecular complexity index is 1230. The molecule has 3 aromatic rings. The van der Waals surface area contributed by atoms with E-state index in [-0.39, 0.29) is 18.2 Å². The number of ether oxygens (including phenoxy) is 1. The van der Waals surface area contributed by atoms with Gasteiger partial charge in [0.2, 0.25) is 0 Å². The van der Waals surface area contributed by atoms with Crippen molar-refractivity contribution in [2.45, 2.75) is 52.1 Å². The SMILES string of the molecule is Cc1cccc(C)c1NC(=O)Nc1cc2ccccc2cc1C(=O)NCC(=O)OC1CCCCC1. The fourth-order valence-electron chi connectivity index (χ4n) is 4.47. The fourth-order valence-corrected chi connectivity index (χ4v) is 4.47. The second-order valence-electron chi connectivity index (χ2n) is 9.02. The highest BCUT2D eigenvalue weighted by Crippen LogP contribution is 2.26. The fraction of sp³-hybridized carbons (Fsp3) is 0.321. The lowest BCUT2D eigenvalue weighted by atomic mass is 9.98. The van der Waals surface area contributed by atoms with E-state index in [9.17, 15) is 14.4 Å². The molecule has 182 valence electrons. The predicted molar refractivity (Wildman–Crippen MR) is 138 cm³/mol. The molecule has 0 heterocycles. The Morgan fingerprint density at radius 2 is 1.51 bits per heavy atom. The number of para-hydroxylation sites is 1. The summed E-state index contributed by atoms with van der Waals surface area (Å²) in [7, 11) is 0. The zero-order valence-electron chi connectivity index (χ0n) is 20.1. The average molecular weight is 474 g/mol. The van der Waals surface area contributed by atoms with Crippen molar-refractivity contribution in [1.29, 1.82) is 0 Å². The van der Waals surface area contributed by atoms with Gasteiger partial charge in [-0.05, 0) is 73.6 Å². The molecule has 3 N–H and O–H groups in total. The van der Waals surface area contributed by atoms with E-state index >= 15 is 0 Å². The second kappa shape index (κ2) is 11.0. The lowest BCUT2D eigenvalue weighted by Crippen LogP contribution is -2.33. The molecule has 0 radical (unpaired) electrons. The number of amides is 3. The van der Waals surface area contributed by atoms with Gasteiger partial charge in [-0.15, -0.1) is 0 Å². The van der Waals surface area contributed by atoms with Gasteiger partial charge < -0.3 is 20.7 Å². The van der Waals surface area contributed by atoms with E-state index < -0.39 is 17.9 Å². The molecule has 4 rings (SSSR count). The van der Waals surface area contributed by atoms with Crippen LogP contribution in [0.2, 0.25) is 0 Å². The highest BCUT2D eigenvalue weighted by Gasteiger charge is 2.20. The van der Waals surface area contributed by atoms with Gasteiger partial charge in [0.25, 0.3) is 5.91 Å². The molecule has 0 aliphatic heterocycles. The zero-order valence-corrected chi connectivity index (χ0v) is 20.1. The Kier molecular flexibility index (Phi) is 7.65. The van der Waals surface area contributed by atoms with Gasteiger partial charge in [-0.25, -0.2) is 4.79 Å². The van der Waals surface area contributed by atoms with Gasteiger partial charge in [0.1, 0.15) is 12.6 Å². The maximum atomic E-state index is 13.1. The number of hydrogen-bond donors (Lipinski definition) is 3. The van der Waals surface area contributed by atoms with Crippen LogP contribution < -0.4 is 16.0 Å². The summed E-state index contributed by atoms with van der Waals surface area (Å²) in [5, 5.41) is 10.1. The maximum absolute atomic E-state index is 13.1. The molecule has 1 aliphatic carbocycles. The van der Waals surface area contributed by atoms with E-state index in [1.54, 1.807) is 12.1 Å². The molecule has 1 aliphatic rings. The highest BCUT2D eigenvalue weighted by atomic mass is 16.5. The van der Waals surface area contributed by atoms with Crippen molar-refractivity contribution in [3.63, 3.8) is 0 Å².